The Bertz CT molecular complexity index is 1170. The SMILES string of the molecule is O=[N+]([O-])c1ccc(S(=O)(=O)NCCN2CCN(CCNS(=O)(=O)c3ccc([N+](=O)[O-])cc3)CC2)cc1. The van der Waals surface area contributed by atoms with E-state index in [0.717, 1.165) is 24.3 Å². The molecule has 0 radical (unpaired) electrons. The number of nitrogens with one attached hydrogen (secondary N) is 2. The molecule has 0 unspecified atom stereocenters. The second kappa shape index (κ2) is 11.8. The number of piperazine rings is 1. The van der Waals surface area contributed by atoms with Gasteiger partial charge < -0.3 is 0 Å². The average Bonchev–Trinajstić information content (AvgIpc) is 2.85. The topological polar surface area (TPSA) is 185 Å². The van der Waals surface area contributed by atoms with Crippen LogP contribution in [-0.4, -0.2) is 88.8 Å². The van der Waals surface area contributed by atoms with E-state index in [1.165, 1.54) is 24.3 Å². The summed E-state index contributed by atoms with van der Waals surface area (Å²) in [4.78, 5) is 24.3. The van der Waals surface area contributed by atoms with Crippen molar-refractivity contribution in [3.63, 3.8) is 0 Å². The number of benzene rings is 2. The van der Waals surface area contributed by atoms with Crippen molar-refractivity contribution in [2.75, 3.05) is 52.4 Å². The Morgan fingerprint density at radius 3 is 1.22 bits per heavy atom. The van der Waals surface area contributed by atoms with Gasteiger partial charge in [-0.05, 0) is 24.3 Å². The second-order valence-corrected chi connectivity index (χ2v) is 11.5. The third-order valence-electron chi connectivity index (χ3n) is 5.62. The summed E-state index contributed by atoms with van der Waals surface area (Å²) >= 11 is 0. The van der Waals surface area contributed by atoms with Crippen molar-refractivity contribution in [2.45, 2.75) is 9.79 Å². The molecule has 3 rings (SSSR count). The van der Waals surface area contributed by atoms with Crippen LogP contribution in [0.4, 0.5) is 11.4 Å². The van der Waals surface area contributed by atoms with Crippen LogP contribution >= 0.6 is 0 Å². The molecular formula is C20H26N6O8S2. The predicted octanol–water partition coefficient (Wildman–Crippen LogP) is 0.377. The second-order valence-electron chi connectivity index (χ2n) is 7.98. The highest BCUT2D eigenvalue weighted by atomic mass is 32.2. The molecule has 1 aliphatic rings. The summed E-state index contributed by atoms with van der Waals surface area (Å²) in [6.07, 6.45) is 0. The number of non-ortho nitro benzene ring substituents is 2. The molecule has 196 valence electrons. The molecule has 0 aliphatic carbocycles. The first-order valence-corrected chi connectivity index (χ1v) is 13.9. The fourth-order valence-corrected chi connectivity index (χ4v) is 5.62. The molecule has 2 aromatic rings. The van der Waals surface area contributed by atoms with Crippen molar-refractivity contribution < 1.29 is 26.7 Å². The van der Waals surface area contributed by atoms with Gasteiger partial charge in [-0.25, -0.2) is 26.3 Å². The van der Waals surface area contributed by atoms with Gasteiger partial charge in [0.05, 0.1) is 19.6 Å². The van der Waals surface area contributed by atoms with Crippen LogP contribution in [0, 0.1) is 20.2 Å². The van der Waals surface area contributed by atoms with Gasteiger partial charge >= 0.3 is 0 Å². The van der Waals surface area contributed by atoms with Crippen molar-refractivity contribution in [3.8, 4) is 0 Å². The summed E-state index contributed by atoms with van der Waals surface area (Å²) in [7, 11) is -7.56. The summed E-state index contributed by atoms with van der Waals surface area (Å²) in [5.41, 5.74) is -0.378. The van der Waals surface area contributed by atoms with Crippen molar-refractivity contribution in [1.29, 1.82) is 0 Å². The van der Waals surface area contributed by atoms with E-state index >= 15 is 0 Å². The molecular weight excluding hydrogens is 516 g/mol. The van der Waals surface area contributed by atoms with Crippen LogP contribution in [0.25, 0.3) is 0 Å². The van der Waals surface area contributed by atoms with Crippen LogP contribution in [0.2, 0.25) is 0 Å². The number of hydrogen-bond acceptors (Lipinski definition) is 10. The molecule has 0 amide bonds. The normalized spacial score (nSPS) is 15.6. The van der Waals surface area contributed by atoms with Crippen LogP contribution in [0.1, 0.15) is 0 Å². The first-order valence-electron chi connectivity index (χ1n) is 10.9. The monoisotopic (exact) mass is 542 g/mol. The van der Waals surface area contributed by atoms with Gasteiger partial charge in [0.2, 0.25) is 20.0 Å². The van der Waals surface area contributed by atoms with E-state index in [9.17, 15) is 37.1 Å². The molecule has 2 N–H and O–H groups in total. The highest BCUT2D eigenvalue weighted by molar-refractivity contribution is 7.89. The molecule has 1 fully saturated rings. The zero-order chi connectivity index (χ0) is 26.3. The molecule has 1 saturated heterocycles. The lowest BCUT2D eigenvalue weighted by molar-refractivity contribution is -0.385. The summed E-state index contributed by atoms with van der Waals surface area (Å²) in [5, 5.41) is 21.4. The quantitative estimate of drug-likeness (QED) is 0.280. The van der Waals surface area contributed by atoms with Crippen LogP contribution in [0.5, 0.6) is 0 Å². The average molecular weight is 543 g/mol. The first-order chi connectivity index (χ1) is 17.0. The van der Waals surface area contributed by atoms with Gasteiger partial charge in [-0.1, -0.05) is 0 Å². The number of nitro groups is 2. The molecule has 0 bridgehead atoms. The molecule has 1 heterocycles. The molecule has 0 spiro atoms. The smallest absolute Gasteiger partial charge is 0.269 e. The van der Waals surface area contributed by atoms with Gasteiger partial charge in [0, 0.05) is 76.6 Å². The van der Waals surface area contributed by atoms with Crippen LogP contribution in [0.3, 0.4) is 0 Å². The summed E-state index contributed by atoms with van der Waals surface area (Å²) in [5.74, 6) is 0. The van der Waals surface area contributed by atoms with Crippen LogP contribution in [-0.2, 0) is 20.0 Å². The van der Waals surface area contributed by atoms with Crippen LogP contribution < -0.4 is 9.44 Å². The maximum atomic E-state index is 12.4. The van der Waals surface area contributed by atoms with Crippen molar-refractivity contribution in [3.05, 3.63) is 68.8 Å². The minimum atomic E-state index is -3.78. The molecule has 16 heteroatoms. The Kier molecular flexibility index (Phi) is 9.04. The van der Waals surface area contributed by atoms with Gasteiger partial charge in [-0.3, -0.25) is 30.0 Å². The zero-order valence-corrected chi connectivity index (χ0v) is 20.8. The zero-order valence-electron chi connectivity index (χ0n) is 19.1. The van der Waals surface area contributed by atoms with Gasteiger partial charge in [-0.15, -0.1) is 0 Å². The molecule has 0 atom stereocenters. The van der Waals surface area contributed by atoms with E-state index in [0.29, 0.717) is 39.3 Å². The molecule has 14 nitrogen and oxygen atoms in total. The minimum Gasteiger partial charge on any atom is -0.299 e. The Hall–Kier alpha value is -3.02. The summed E-state index contributed by atoms with van der Waals surface area (Å²) in [6.45, 7) is 4.01. The molecule has 36 heavy (non-hydrogen) atoms. The van der Waals surface area contributed by atoms with Gasteiger partial charge in [0.1, 0.15) is 0 Å². The Morgan fingerprint density at radius 2 is 0.944 bits per heavy atom. The number of nitro benzene ring substituents is 2. The van der Waals surface area contributed by atoms with Gasteiger partial charge in [0.15, 0.2) is 0 Å². The Balaban J connectivity index is 1.37. The number of sulfonamides is 2. The van der Waals surface area contributed by atoms with Crippen LogP contribution in [0.15, 0.2) is 58.3 Å². The first kappa shape index (κ1) is 27.6. The summed E-state index contributed by atoms with van der Waals surface area (Å²) < 4.78 is 54.4. The highest BCUT2D eigenvalue weighted by Gasteiger charge is 2.20. The fourth-order valence-electron chi connectivity index (χ4n) is 3.57. The van der Waals surface area contributed by atoms with E-state index < -0.39 is 29.9 Å². The maximum absolute atomic E-state index is 12.4. The third kappa shape index (κ3) is 7.49. The number of nitrogens with zero attached hydrogens (tertiary/aromatic N) is 4. The van der Waals surface area contributed by atoms with Gasteiger partial charge in [0.25, 0.3) is 11.4 Å². The van der Waals surface area contributed by atoms with Crippen molar-refractivity contribution in [1.82, 2.24) is 19.2 Å². The lowest BCUT2D eigenvalue weighted by atomic mass is 10.3. The highest BCUT2D eigenvalue weighted by Crippen LogP contribution is 2.16. The summed E-state index contributed by atoms with van der Waals surface area (Å²) in [6, 6.07) is 9.31. The predicted molar refractivity (Wildman–Crippen MR) is 129 cm³/mol. The van der Waals surface area contributed by atoms with Crippen molar-refractivity contribution >= 4 is 31.4 Å². The minimum absolute atomic E-state index is 0.0471. The van der Waals surface area contributed by atoms with E-state index in [4.69, 9.17) is 0 Å². The van der Waals surface area contributed by atoms with E-state index in [1.807, 2.05) is 0 Å². The van der Waals surface area contributed by atoms with E-state index in [1.54, 1.807) is 0 Å². The van der Waals surface area contributed by atoms with Crippen molar-refractivity contribution in [2.24, 2.45) is 0 Å². The molecule has 0 saturated carbocycles. The van der Waals surface area contributed by atoms with E-state index in [2.05, 4.69) is 19.2 Å². The number of hydrogen-bond donors (Lipinski definition) is 2. The number of rotatable bonds is 12. The fraction of sp³-hybridized carbons (Fsp3) is 0.400. The maximum Gasteiger partial charge on any atom is 0.269 e. The largest absolute Gasteiger partial charge is 0.299 e. The Morgan fingerprint density at radius 1 is 0.639 bits per heavy atom. The standard InChI is InChI=1S/C20H26N6O8S2/c27-25(28)17-1-5-19(6-2-17)35(31,32)21-9-11-23-13-15-24(16-14-23)12-10-22-36(33,34)20-7-3-18(4-8-20)26(29)30/h1-8,21-22H,9-16H2. The van der Waals surface area contributed by atoms with Gasteiger partial charge in [-0.2, -0.15) is 0 Å². The lowest BCUT2D eigenvalue weighted by Gasteiger charge is -2.34. The Labute approximate surface area is 208 Å². The molecule has 1 aliphatic heterocycles. The lowest BCUT2D eigenvalue weighted by Crippen LogP contribution is -2.49. The molecule has 2 aromatic carbocycles. The van der Waals surface area contributed by atoms with E-state index in [-0.39, 0.29) is 34.3 Å². The molecule has 0 aromatic heterocycles. The third-order valence-corrected chi connectivity index (χ3v) is 8.57.